The predicted octanol–water partition coefficient (Wildman–Crippen LogP) is 0.838. The van der Waals surface area contributed by atoms with Crippen LogP contribution in [0.2, 0.25) is 0 Å². The lowest BCUT2D eigenvalue weighted by Crippen LogP contribution is -2.38. The minimum absolute atomic E-state index is 0.0525. The summed E-state index contributed by atoms with van der Waals surface area (Å²) in [6.45, 7) is 1.38. The first kappa shape index (κ1) is 14.7. The maximum atomic E-state index is 9.90. The number of anilines is 1. The zero-order valence-electron chi connectivity index (χ0n) is 11.3. The highest BCUT2D eigenvalue weighted by Gasteiger charge is 2.33. The molecule has 6 heteroatoms. The summed E-state index contributed by atoms with van der Waals surface area (Å²) in [7, 11) is 4.04. The number of pyridine rings is 1. The first-order chi connectivity index (χ1) is 9.01. The van der Waals surface area contributed by atoms with E-state index in [0.29, 0.717) is 6.54 Å². The van der Waals surface area contributed by atoms with E-state index in [-0.39, 0.29) is 18.8 Å². The number of likely N-dealkylation sites (N-methyl/N-ethyl adjacent to an activating group) is 1. The van der Waals surface area contributed by atoms with E-state index in [9.17, 15) is 10.2 Å². The molecule has 1 fully saturated rings. The van der Waals surface area contributed by atoms with E-state index in [0.717, 1.165) is 28.8 Å². The van der Waals surface area contributed by atoms with E-state index in [1.165, 1.54) is 0 Å². The Labute approximate surface area is 122 Å². The van der Waals surface area contributed by atoms with Gasteiger partial charge in [-0.3, -0.25) is 0 Å². The van der Waals surface area contributed by atoms with E-state index >= 15 is 0 Å². The lowest BCUT2D eigenvalue weighted by atomic mass is 10.2. The van der Waals surface area contributed by atoms with Gasteiger partial charge in [0.1, 0.15) is 5.82 Å². The van der Waals surface area contributed by atoms with Crippen LogP contribution < -0.4 is 4.90 Å². The van der Waals surface area contributed by atoms with Crippen LogP contribution in [0.5, 0.6) is 0 Å². The van der Waals surface area contributed by atoms with Gasteiger partial charge in [0.2, 0.25) is 0 Å². The van der Waals surface area contributed by atoms with E-state index in [4.69, 9.17) is 0 Å². The summed E-state index contributed by atoms with van der Waals surface area (Å²) < 4.78 is 0.851. The molecular formula is C13H20BrN3O2. The number of aromatic nitrogens is 1. The third-order valence-corrected chi connectivity index (χ3v) is 3.75. The van der Waals surface area contributed by atoms with Crippen LogP contribution in [0.4, 0.5) is 5.82 Å². The van der Waals surface area contributed by atoms with E-state index in [1.54, 1.807) is 6.20 Å². The van der Waals surface area contributed by atoms with Crippen LogP contribution in [-0.2, 0) is 6.61 Å². The Kier molecular flexibility index (Phi) is 4.78. The highest BCUT2D eigenvalue weighted by molar-refractivity contribution is 9.10. The summed E-state index contributed by atoms with van der Waals surface area (Å²) in [5.41, 5.74) is 0.784. The first-order valence-electron chi connectivity index (χ1n) is 6.36. The number of nitrogens with zero attached hydrogens (tertiary/aromatic N) is 3. The van der Waals surface area contributed by atoms with Crippen molar-refractivity contribution in [3.63, 3.8) is 0 Å². The summed E-state index contributed by atoms with van der Waals surface area (Å²) in [5.74, 6) is 0.772. The molecule has 0 aliphatic carbocycles. The van der Waals surface area contributed by atoms with Crippen LogP contribution in [-0.4, -0.2) is 59.4 Å². The molecule has 0 saturated carbocycles. The van der Waals surface area contributed by atoms with E-state index in [2.05, 4.69) is 30.7 Å². The number of halogens is 1. The summed E-state index contributed by atoms with van der Waals surface area (Å²) >= 11 is 3.36. The molecule has 0 amide bonds. The molecule has 106 valence electrons. The zero-order valence-corrected chi connectivity index (χ0v) is 12.8. The number of rotatable bonds is 4. The van der Waals surface area contributed by atoms with Crippen LogP contribution in [0.25, 0.3) is 0 Å². The smallest absolute Gasteiger partial charge is 0.134 e. The van der Waals surface area contributed by atoms with Gasteiger partial charge in [-0.05, 0) is 42.5 Å². The molecule has 2 heterocycles. The predicted molar refractivity (Wildman–Crippen MR) is 78.2 cm³/mol. The van der Waals surface area contributed by atoms with Crippen molar-refractivity contribution in [2.75, 3.05) is 32.1 Å². The van der Waals surface area contributed by atoms with Gasteiger partial charge in [0.05, 0.1) is 12.7 Å². The Bertz CT molecular complexity index is 442. The normalized spacial score (nSPS) is 23.4. The van der Waals surface area contributed by atoms with Crippen LogP contribution in [0, 0.1) is 0 Å². The van der Waals surface area contributed by atoms with Gasteiger partial charge < -0.3 is 20.0 Å². The Morgan fingerprint density at radius 2 is 2.26 bits per heavy atom. The monoisotopic (exact) mass is 329 g/mol. The van der Waals surface area contributed by atoms with Crippen molar-refractivity contribution in [2.45, 2.75) is 25.2 Å². The minimum Gasteiger partial charge on any atom is -0.392 e. The molecular weight excluding hydrogens is 310 g/mol. The molecule has 0 bridgehead atoms. The van der Waals surface area contributed by atoms with Gasteiger partial charge in [0.15, 0.2) is 0 Å². The van der Waals surface area contributed by atoms with Crippen molar-refractivity contribution in [1.82, 2.24) is 9.88 Å². The molecule has 0 radical (unpaired) electrons. The van der Waals surface area contributed by atoms with Crippen LogP contribution >= 0.6 is 15.9 Å². The molecule has 2 N–H and O–H groups in total. The number of hydrogen-bond donors (Lipinski definition) is 2. The van der Waals surface area contributed by atoms with Crippen molar-refractivity contribution in [3.05, 3.63) is 22.3 Å². The van der Waals surface area contributed by atoms with Crippen molar-refractivity contribution >= 4 is 21.7 Å². The fraction of sp³-hybridized carbons (Fsp3) is 0.615. The topological polar surface area (TPSA) is 59.8 Å². The van der Waals surface area contributed by atoms with Gasteiger partial charge in [-0.15, -0.1) is 0 Å². The molecule has 1 aromatic heterocycles. The standard InChI is InChI=1S/C13H20BrN3O2/c1-16(2)6-11-4-12(19)7-17(11)13-9(8-18)3-10(14)5-15-13/h3,5,11-12,18-19H,4,6-8H2,1-2H3. The SMILES string of the molecule is CN(C)CC1CC(O)CN1c1ncc(Br)cc1CO. The van der Waals surface area contributed by atoms with Gasteiger partial charge in [-0.2, -0.15) is 0 Å². The molecule has 5 nitrogen and oxygen atoms in total. The summed E-state index contributed by atoms with van der Waals surface area (Å²) in [6, 6.07) is 2.10. The number of β-amino-alcohol motifs (C(OH)–C–C–N with tert-alkyl or cyclic N) is 1. The molecule has 1 saturated heterocycles. The second kappa shape index (κ2) is 6.17. The second-order valence-electron chi connectivity index (χ2n) is 5.25. The summed E-state index contributed by atoms with van der Waals surface area (Å²) in [6.07, 6.45) is 2.13. The number of hydrogen-bond acceptors (Lipinski definition) is 5. The highest BCUT2D eigenvalue weighted by atomic mass is 79.9. The molecule has 19 heavy (non-hydrogen) atoms. The second-order valence-corrected chi connectivity index (χ2v) is 6.17. The lowest BCUT2D eigenvalue weighted by molar-refractivity contribution is 0.191. The Hall–Kier alpha value is -0.690. The van der Waals surface area contributed by atoms with E-state index in [1.807, 2.05) is 20.2 Å². The number of aliphatic hydroxyl groups excluding tert-OH is 2. The van der Waals surface area contributed by atoms with Crippen molar-refractivity contribution < 1.29 is 10.2 Å². The van der Waals surface area contributed by atoms with Gasteiger partial charge in [-0.1, -0.05) is 0 Å². The van der Waals surface area contributed by atoms with Crippen molar-refractivity contribution in [1.29, 1.82) is 0 Å². The molecule has 2 atom stereocenters. The highest BCUT2D eigenvalue weighted by Crippen LogP contribution is 2.29. The average molecular weight is 330 g/mol. The van der Waals surface area contributed by atoms with Crippen molar-refractivity contribution in [3.8, 4) is 0 Å². The Morgan fingerprint density at radius 1 is 1.53 bits per heavy atom. The van der Waals surface area contributed by atoms with Gasteiger partial charge >= 0.3 is 0 Å². The molecule has 1 aromatic rings. The average Bonchev–Trinajstić information content (AvgIpc) is 2.69. The maximum absolute atomic E-state index is 9.90. The third kappa shape index (κ3) is 3.45. The quantitative estimate of drug-likeness (QED) is 0.857. The largest absolute Gasteiger partial charge is 0.392 e. The first-order valence-corrected chi connectivity index (χ1v) is 7.15. The summed E-state index contributed by atoms with van der Waals surface area (Å²) in [4.78, 5) is 8.62. The van der Waals surface area contributed by atoms with E-state index < -0.39 is 0 Å². The molecule has 0 spiro atoms. The molecule has 0 aromatic carbocycles. The molecule has 2 rings (SSSR count). The summed E-state index contributed by atoms with van der Waals surface area (Å²) in [5, 5.41) is 19.4. The molecule has 1 aliphatic heterocycles. The van der Waals surface area contributed by atoms with Gasteiger partial charge in [0.25, 0.3) is 0 Å². The Morgan fingerprint density at radius 3 is 2.89 bits per heavy atom. The zero-order chi connectivity index (χ0) is 14.0. The Balaban J connectivity index is 2.28. The maximum Gasteiger partial charge on any atom is 0.134 e. The van der Waals surface area contributed by atoms with Crippen molar-refractivity contribution in [2.24, 2.45) is 0 Å². The molecule has 1 aliphatic rings. The van der Waals surface area contributed by atoms with Gasteiger partial charge in [0, 0.05) is 35.4 Å². The van der Waals surface area contributed by atoms with Crippen LogP contribution in [0.15, 0.2) is 16.7 Å². The minimum atomic E-state index is -0.332. The molecule has 2 unspecified atom stereocenters. The van der Waals surface area contributed by atoms with Crippen LogP contribution in [0.1, 0.15) is 12.0 Å². The van der Waals surface area contributed by atoms with Gasteiger partial charge in [-0.25, -0.2) is 4.98 Å². The van der Waals surface area contributed by atoms with Crippen LogP contribution in [0.3, 0.4) is 0 Å². The lowest BCUT2D eigenvalue weighted by Gasteiger charge is -2.29. The fourth-order valence-electron chi connectivity index (χ4n) is 2.59. The third-order valence-electron chi connectivity index (χ3n) is 3.32. The fourth-order valence-corrected chi connectivity index (χ4v) is 2.97. The number of aliphatic hydroxyl groups is 2.